The molecule has 1 saturated heterocycles. The van der Waals surface area contributed by atoms with E-state index in [0.717, 1.165) is 32.5 Å². The number of carbonyl (C=O) groups excluding carboxylic acids is 1. The lowest BCUT2D eigenvalue weighted by Gasteiger charge is -2.36. The molecule has 2 N–H and O–H groups in total. The van der Waals surface area contributed by atoms with Crippen molar-refractivity contribution < 1.29 is 4.79 Å². The minimum Gasteiger partial charge on any atom is -0.339 e. The number of hydrogen-bond acceptors (Lipinski definition) is 3. The van der Waals surface area contributed by atoms with Crippen molar-refractivity contribution in [3.05, 3.63) is 0 Å². The minimum atomic E-state index is -0.219. The first-order chi connectivity index (χ1) is 7.02. The Morgan fingerprint density at radius 2 is 2.20 bits per heavy atom. The fraction of sp³-hybridized carbons (Fsp3) is 0.909. The van der Waals surface area contributed by atoms with E-state index in [4.69, 9.17) is 5.73 Å². The summed E-state index contributed by atoms with van der Waals surface area (Å²) in [5.41, 5.74) is 5.51. The van der Waals surface area contributed by atoms with E-state index in [1.807, 2.05) is 4.90 Å². The third kappa shape index (κ3) is 3.47. The molecule has 1 heterocycles. The van der Waals surface area contributed by atoms with Crippen LogP contribution in [0.1, 0.15) is 26.7 Å². The van der Waals surface area contributed by atoms with Gasteiger partial charge in [-0.15, -0.1) is 0 Å². The Kier molecular flexibility index (Phi) is 4.54. The van der Waals surface area contributed by atoms with E-state index in [0.29, 0.717) is 6.04 Å². The van der Waals surface area contributed by atoms with Crippen molar-refractivity contribution in [3.63, 3.8) is 0 Å². The van der Waals surface area contributed by atoms with Crippen LogP contribution in [0, 0.1) is 0 Å². The van der Waals surface area contributed by atoms with Gasteiger partial charge < -0.3 is 15.5 Å². The van der Waals surface area contributed by atoms with Gasteiger partial charge in [0.25, 0.3) is 0 Å². The molecule has 0 aliphatic carbocycles. The van der Waals surface area contributed by atoms with E-state index in [2.05, 4.69) is 25.8 Å². The van der Waals surface area contributed by atoms with Crippen molar-refractivity contribution in [2.45, 2.75) is 38.8 Å². The second-order valence-electron chi connectivity index (χ2n) is 4.67. The average Bonchev–Trinajstić information content (AvgIpc) is 2.21. The number of likely N-dealkylation sites (tertiary alicyclic amines) is 1. The lowest BCUT2D eigenvalue weighted by Crippen LogP contribution is -2.60. The maximum Gasteiger partial charge on any atom is 0.241 e. The fourth-order valence-corrected chi connectivity index (χ4v) is 1.65. The van der Waals surface area contributed by atoms with Gasteiger partial charge in [0.1, 0.15) is 6.04 Å². The molecule has 0 spiro atoms. The van der Waals surface area contributed by atoms with Gasteiger partial charge in [0.05, 0.1) is 0 Å². The third-order valence-electron chi connectivity index (χ3n) is 3.12. The molecule has 0 aromatic rings. The van der Waals surface area contributed by atoms with Gasteiger partial charge in [0.15, 0.2) is 0 Å². The van der Waals surface area contributed by atoms with E-state index < -0.39 is 0 Å². The standard InChI is InChI=1S/C11H23N3O/c1-9(2)13(3)6-4-5-7-14-8-10(12)11(14)15/h9-10H,4-8,12H2,1-3H3. The van der Waals surface area contributed by atoms with Crippen molar-refractivity contribution in [2.75, 3.05) is 26.7 Å². The van der Waals surface area contributed by atoms with Gasteiger partial charge in [-0.2, -0.15) is 0 Å². The molecule has 4 nitrogen and oxygen atoms in total. The predicted molar refractivity (Wildman–Crippen MR) is 61.6 cm³/mol. The Balaban J connectivity index is 2.01. The number of nitrogens with zero attached hydrogens (tertiary/aromatic N) is 2. The molecule has 0 radical (unpaired) electrons. The summed E-state index contributed by atoms with van der Waals surface area (Å²) in [4.78, 5) is 15.4. The Labute approximate surface area is 92.4 Å². The zero-order valence-corrected chi connectivity index (χ0v) is 10.1. The van der Waals surface area contributed by atoms with Gasteiger partial charge in [0.2, 0.25) is 5.91 Å². The summed E-state index contributed by atoms with van der Waals surface area (Å²) in [5, 5.41) is 0. The van der Waals surface area contributed by atoms with Gasteiger partial charge in [-0.25, -0.2) is 0 Å². The molecule has 0 aromatic carbocycles. The van der Waals surface area contributed by atoms with Crippen LogP contribution < -0.4 is 5.73 Å². The molecule has 1 amide bonds. The first kappa shape index (κ1) is 12.5. The fourth-order valence-electron chi connectivity index (χ4n) is 1.65. The molecule has 1 rings (SSSR count). The van der Waals surface area contributed by atoms with Gasteiger partial charge >= 0.3 is 0 Å². The summed E-state index contributed by atoms with van der Waals surface area (Å²) in [6.07, 6.45) is 2.23. The van der Waals surface area contributed by atoms with Crippen LogP contribution in [0.2, 0.25) is 0 Å². The highest BCUT2D eigenvalue weighted by Gasteiger charge is 2.32. The van der Waals surface area contributed by atoms with Crippen LogP contribution in [0.4, 0.5) is 0 Å². The van der Waals surface area contributed by atoms with Crippen LogP contribution in [0.5, 0.6) is 0 Å². The van der Waals surface area contributed by atoms with Crippen LogP contribution >= 0.6 is 0 Å². The van der Waals surface area contributed by atoms with E-state index in [-0.39, 0.29) is 11.9 Å². The number of unbranched alkanes of at least 4 members (excludes halogenated alkanes) is 1. The second-order valence-corrected chi connectivity index (χ2v) is 4.67. The normalized spacial score (nSPS) is 21.3. The summed E-state index contributed by atoms with van der Waals surface area (Å²) in [6.45, 7) is 7.11. The molecule has 88 valence electrons. The lowest BCUT2D eigenvalue weighted by molar-refractivity contribution is -0.142. The zero-order chi connectivity index (χ0) is 11.4. The number of amides is 1. The highest BCUT2D eigenvalue weighted by molar-refractivity contribution is 5.87. The van der Waals surface area contributed by atoms with Crippen molar-refractivity contribution in [3.8, 4) is 0 Å². The minimum absolute atomic E-state index is 0.118. The smallest absolute Gasteiger partial charge is 0.241 e. The first-order valence-electron chi connectivity index (χ1n) is 5.77. The SMILES string of the molecule is CC(C)N(C)CCCCN1CC(N)C1=O. The molecule has 1 fully saturated rings. The summed E-state index contributed by atoms with van der Waals surface area (Å²) in [6, 6.07) is 0.382. The van der Waals surface area contributed by atoms with Crippen molar-refractivity contribution in [1.82, 2.24) is 9.80 Å². The molecule has 1 unspecified atom stereocenters. The Bertz CT molecular complexity index is 218. The Hall–Kier alpha value is -0.610. The largest absolute Gasteiger partial charge is 0.339 e. The van der Waals surface area contributed by atoms with Gasteiger partial charge in [0, 0.05) is 19.1 Å². The number of carbonyl (C=O) groups is 1. The molecule has 15 heavy (non-hydrogen) atoms. The molecule has 1 aliphatic heterocycles. The van der Waals surface area contributed by atoms with Crippen LogP contribution in [-0.4, -0.2) is 54.5 Å². The van der Waals surface area contributed by atoms with E-state index in [1.54, 1.807) is 0 Å². The van der Waals surface area contributed by atoms with E-state index >= 15 is 0 Å². The predicted octanol–water partition coefficient (Wildman–Crippen LogP) is 0.276. The number of hydrogen-bond donors (Lipinski definition) is 1. The highest BCUT2D eigenvalue weighted by atomic mass is 16.2. The first-order valence-corrected chi connectivity index (χ1v) is 5.77. The molecule has 0 aromatic heterocycles. The van der Waals surface area contributed by atoms with Crippen LogP contribution in [0.25, 0.3) is 0 Å². The molecule has 4 heteroatoms. The lowest BCUT2D eigenvalue weighted by atomic mass is 10.1. The number of rotatable bonds is 6. The second kappa shape index (κ2) is 5.47. The Morgan fingerprint density at radius 3 is 2.67 bits per heavy atom. The summed E-state index contributed by atoms with van der Waals surface area (Å²) >= 11 is 0. The monoisotopic (exact) mass is 213 g/mol. The van der Waals surface area contributed by atoms with E-state index in [1.165, 1.54) is 0 Å². The maximum atomic E-state index is 11.2. The molecular weight excluding hydrogens is 190 g/mol. The van der Waals surface area contributed by atoms with Gasteiger partial charge in [-0.1, -0.05) is 0 Å². The maximum absolute atomic E-state index is 11.2. The molecule has 0 bridgehead atoms. The Morgan fingerprint density at radius 1 is 1.53 bits per heavy atom. The van der Waals surface area contributed by atoms with Crippen LogP contribution in [0.3, 0.4) is 0 Å². The third-order valence-corrected chi connectivity index (χ3v) is 3.12. The molecule has 1 aliphatic rings. The van der Waals surface area contributed by atoms with Gasteiger partial charge in [-0.3, -0.25) is 4.79 Å². The molecular formula is C11H23N3O. The van der Waals surface area contributed by atoms with E-state index in [9.17, 15) is 4.79 Å². The number of β-lactam (4-membered cyclic amide) rings is 1. The average molecular weight is 213 g/mol. The summed E-state index contributed by atoms with van der Waals surface area (Å²) < 4.78 is 0. The van der Waals surface area contributed by atoms with Crippen molar-refractivity contribution in [1.29, 1.82) is 0 Å². The highest BCUT2D eigenvalue weighted by Crippen LogP contribution is 2.09. The topological polar surface area (TPSA) is 49.6 Å². The zero-order valence-electron chi connectivity index (χ0n) is 10.1. The van der Waals surface area contributed by atoms with Crippen molar-refractivity contribution in [2.24, 2.45) is 5.73 Å². The van der Waals surface area contributed by atoms with Crippen LogP contribution in [0.15, 0.2) is 0 Å². The summed E-state index contributed by atoms with van der Waals surface area (Å²) in [5.74, 6) is 0.118. The quantitative estimate of drug-likeness (QED) is 0.509. The van der Waals surface area contributed by atoms with Crippen LogP contribution in [-0.2, 0) is 4.79 Å². The van der Waals surface area contributed by atoms with Gasteiger partial charge in [-0.05, 0) is 40.3 Å². The molecule has 0 saturated carbocycles. The van der Waals surface area contributed by atoms with Crippen molar-refractivity contribution >= 4 is 5.91 Å². The molecule has 1 atom stereocenters. The number of nitrogens with two attached hydrogens (primary N) is 1. The summed E-state index contributed by atoms with van der Waals surface area (Å²) in [7, 11) is 2.13.